The topological polar surface area (TPSA) is 18.1 Å². The molecular weight excluding hydrogens is 518 g/mol. The summed E-state index contributed by atoms with van der Waals surface area (Å²) in [5, 5.41) is 4.92. The third kappa shape index (κ3) is 3.36. The number of thiophene rings is 1. The summed E-state index contributed by atoms with van der Waals surface area (Å²) in [5.41, 5.74) is 10.0. The number of fused-ring (bicyclic) bond motifs is 8. The molecule has 0 aliphatic heterocycles. The Balaban J connectivity index is 1.23. The first-order valence-electron chi connectivity index (χ1n) is 13.9. The monoisotopic (exact) mass is 541 g/mol. The zero-order valence-electron chi connectivity index (χ0n) is 22.0. The summed E-state index contributed by atoms with van der Waals surface area (Å²) in [6.45, 7) is 0. The van der Waals surface area contributed by atoms with E-state index in [-0.39, 0.29) is 0 Å². The second-order valence-electron chi connectivity index (χ2n) is 10.5. The quantitative estimate of drug-likeness (QED) is 0.217. The summed E-state index contributed by atoms with van der Waals surface area (Å²) in [4.78, 5) is 0. The average Bonchev–Trinajstić information content (AvgIpc) is 3.70. The summed E-state index contributed by atoms with van der Waals surface area (Å²) in [6.07, 6.45) is 0. The Labute approximate surface area is 240 Å². The van der Waals surface area contributed by atoms with Gasteiger partial charge in [-0.1, -0.05) is 91.0 Å². The zero-order valence-corrected chi connectivity index (χ0v) is 22.9. The second kappa shape index (κ2) is 8.69. The molecule has 0 fully saturated rings. The van der Waals surface area contributed by atoms with Crippen molar-refractivity contribution in [1.29, 1.82) is 0 Å². The first-order chi connectivity index (χ1) is 20.3. The van der Waals surface area contributed by atoms with E-state index in [1.54, 1.807) is 0 Å². The van der Waals surface area contributed by atoms with Crippen LogP contribution in [0.4, 0.5) is 0 Å². The Morgan fingerprint density at radius 1 is 0.512 bits per heavy atom. The molecule has 0 aliphatic carbocycles. The van der Waals surface area contributed by atoms with Crippen LogP contribution >= 0.6 is 11.3 Å². The van der Waals surface area contributed by atoms with Crippen molar-refractivity contribution in [3.63, 3.8) is 0 Å². The van der Waals surface area contributed by atoms with Crippen LogP contribution in [0.25, 0.3) is 81.1 Å². The van der Waals surface area contributed by atoms with Gasteiger partial charge in [-0.3, -0.25) is 0 Å². The maximum atomic E-state index is 6.57. The van der Waals surface area contributed by atoms with E-state index in [1.807, 2.05) is 11.3 Å². The molecule has 3 heteroatoms. The lowest BCUT2D eigenvalue weighted by molar-refractivity contribution is 0.673. The Kier molecular flexibility index (Phi) is 4.80. The van der Waals surface area contributed by atoms with E-state index in [2.05, 4.69) is 144 Å². The smallest absolute Gasteiger partial charge is 0.161 e. The number of para-hydroxylation sites is 2. The standard InChI is InChI=1S/C38H23NOS/c1-2-9-27(10-3-1)39-32-14-6-4-12-30(32)38-37(39)36-28(13-8-15-33(36)40-38)25-19-17-24(18-20-25)26-21-22-35-31(23-26)29-11-5-7-16-34(29)41-35/h1-23H. The molecule has 9 rings (SSSR count). The first-order valence-corrected chi connectivity index (χ1v) is 14.7. The fourth-order valence-electron chi connectivity index (χ4n) is 6.34. The molecule has 41 heavy (non-hydrogen) atoms. The molecule has 0 aliphatic rings. The van der Waals surface area contributed by atoms with E-state index in [0.29, 0.717) is 0 Å². The number of aromatic nitrogens is 1. The van der Waals surface area contributed by atoms with Gasteiger partial charge in [-0.25, -0.2) is 0 Å². The SMILES string of the molecule is c1ccc(-n2c3ccccc3c3oc4cccc(-c5ccc(-c6ccc7sc8ccccc8c7c6)cc5)c4c32)cc1. The Morgan fingerprint density at radius 3 is 2.10 bits per heavy atom. The summed E-state index contributed by atoms with van der Waals surface area (Å²) < 4.78 is 11.6. The van der Waals surface area contributed by atoms with E-state index in [1.165, 1.54) is 42.4 Å². The van der Waals surface area contributed by atoms with Crippen LogP contribution in [-0.2, 0) is 0 Å². The third-order valence-corrected chi connectivity index (χ3v) is 9.38. The van der Waals surface area contributed by atoms with Gasteiger partial charge in [0.25, 0.3) is 0 Å². The number of furan rings is 1. The molecule has 9 aromatic rings. The number of rotatable bonds is 3. The molecule has 192 valence electrons. The van der Waals surface area contributed by atoms with Crippen molar-refractivity contribution >= 4 is 64.5 Å². The molecule has 3 heterocycles. The molecule has 0 radical (unpaired) electrons. The summed E-state index contributed by atoms with van der Waals surface area (Å²) >= 11 is 1.86. The van der Waals surface area contributed by atoms with Crippen LogP contribution in [0.3, 0.4) is 0 Å². The number of hydrogen-bond donors (Lipinski definition) is 0. The predicted molar refractivity (Wildman–Crippen MR) is 174 cm³/mol. The molecule has 0 unspecified atom stereocenters. The summed E-state index contributed by atoms with van der Waals surface area (Å²) in [5.74, 6) is 0. The number of nitrogens with zero attached hydrogens (tertiary/aromatic N) is 1. The van der Waals surface area contributed by atoms with Crippen LogP contribution in [0.1, 0.15) is 0 Å². The molecule has 0 saturated heterocycles. The molecule has 0 bridgehead atoms. The molecule has 3 aromatic heterocycles. The molecular formula is C38H23NOS. The van der Waals surface area contributed by atoms with Crippen LogP contribution in [0, 0.1) is 0 Å². The molecule has 0 N–H and O–H groups in total. The Bertz CT molecular complexity index is 2410. The lowest BCUT2D eigenvalue weighted by atomic mass is 9.97. The summed E-state index contributed by atoms with van der Waals surface area (Å²) in [7, 11) is 0. The van der Waals surface area contributed by atoms with Crippen molar-refractivity contribution < 1.29 is 4.42 Å². The maximum Gasteiger partial charge on any atom is 0.161 e. The Morgan fingerprint density at radius 2 is 1.22 bits per heavy atom. The average molecular weight is 542 g/mol. The highest BCUT2D eigenvalue weighted by Crippen LogP contribution is 2.43. The second-order valence-corrected chi connectivity index (χ2v) is 11.6. The summed E-state index contributed by atoms with van der Waals surface area (Å²) in [6, 6.07) is 50.0. The van der Waals surface area contributed by atoms with Gasteiger partial charge in [0.2, 0.25) is 0 Å². The normalized spacial score (nSPS) is 11.9. The number of benzene rings is 6. The van der Waals surface area contributed by atoms with Crippen LogP contribution < -0.4 is 0 Å². The van der Waals surface area contributed by atoms with E-state index in [4.69, 9.17) is 4.42 Å². The first kappa shape index (κ1) is 22.7. The largest absolute Gasteiger partial charge is 0.454 e. The molecule has 0 spiro atoms. The van der Waals surface area contributed by atoms with Crippen molar-refractivity contribution in [2.24, 2.45) is 0 Å². The highest BCUT2D eigenvalue weighted by molar-refractivity contribution is 7.25. The minimum Gasteiger partial charge on any atom is -0.454 e. The fourth-order valence-corrected chi connectivity index (χ4v) is 7.43. The minimum absolute atomic E-state index is 0.904. The van der Waals surface area contributed by atoms with Crippen molar-refractivity contribution in [3.8, 4) is 27.9 Å². The molecule has 0 amide bonds. The van der Waals surface area contributed by atoms with E-state index >= 15 is 0 Å². The van der Waals surface area contributed by atoms with Gasteiger partial charge < -0.3 is 8.98 Å². The van der Waals surface area contributed by atoms with E-state index in [0.717, 1.165) is 38.7 Å². The van der Waals surface area contributed by atoms with Gasteiger partial charge in [0.05, 0.1) is 10.9 Å². The van der Waals surface area contributed by atoms with Gasteiger partial charge in [0.1, 0.15) is 11.1 Å². The molecule has 0 atom stereocenters. The van der Waals surface area contributed by atoms with Gasteiger partial charge in [0.15, 0.2) is 5.58 Å². The maximum absolute atomic E-state index is 6.57. The van der Waals surface area contributed by atoms with Crippen LogP contribution in [0.2, 0.25) is 0 Å². The van der Waals surface area contributed by atoms with E-state index < -0.39 is 0 Å². The zero-order chi connectivity index (χ0) is 26.9. The lowest BCUT2D eigenvalue weighted by Crippen LogP contribution is -1.93. The molecule has 6 aromatic carbocycles. The van der Waals surface area contributed by atoms with Crippen LogP contribution in [0.15, 0.2) is 144 Å². The van der Waals surface area contributed by atoms with E-state index in [9.17, 15) is 0 Å². The Hall–Kier alpha value is -5.12. The molecule has 2 nitrogen and oxygen atoms in total. The van der Waals surface area contributed by atoms with Crippen molar-refractivity contribution in [1.82, 2.24) is 4.57 Å². The highest BCUT2D eigenvalue weighted by Gasteiger charge is 2.21. The fraction of sp³-hybridized carbons (Fsp3) is 0. The van der Waals surface area contributed by atoms with Crippen LogP contribution in [0.5, 0.6) is 0 Å². The lowest BCUT2D eigenvalue weighted by Gasteiger charge is -2.10. The number of hydrogen-bond acceptors (Lipinski definition) is 2. The van der Waals surface area contributed by atoms with Gasteiger partial charge in [0, 0.05) is 31.2 Å². The van der Waals surface area contributed by atoms with Crippen molar-refractivity contribution in [2.75, 3.05) is 0 Å². The minimum atomic E-state index is 0.904. The highest BCUT2D eigenvalue weighted by atomic mass is 32.1. The molecule has 0 saturated carbocycles. The van der Waals surface area contributed by atoms with Crippen molar-refractivity contribution in [3.05, 3.63) is 140 Å². The van der Waals surface area contributed by atoms with Crippen molar-refractivity contribution in [2.45, 2.75) is 0 Å². The van der Waals surface area contributed by atoms with Gasteiger partial charge in [-0.2, -0.15) is 0 Å². The van der Waals surface area contributed by atoms with Gasteiger partial charge in [-0.15, -0.1) is 11.3 Å². The van der Waals surface area contributed by atoms with Gasteiger partial charge >= 0.3 is 0 Å². The third-order valence-electron chi connectivity index (χ3n) is 8.22. The van der Waals surface area contributed by atoms with Gasteiger partial charge in [-0.05, 0) is 70.8 Å². The predicted octanol–water partition coefficient (Wildman–Crippen LogP) is 11.2. The van der Waals surface area contributed by atoms with Crippen LogP contribution in [-0.4, -0.2) is 4.57 Å².